The van der Waals surface area contributed by atoms with E-state index < -0.39 is 6.10 Å². The number of nitrogens with one attached hydrogen (secondary N) is 1. The number of anilines is 1. The first-order valence-electron chi connectivity index (χ1n) is 7.33. The Labute approximate surface area is 135 Å². The number of halogens is 1. The molecule has 0 heterocycles. The lowest BCUT2D eigenvalue weighted by atomic mass is 10.0. The molecule has 0 amide bonds. The SMILES string of the molecule is OC(CCl)CNc1ccc(-c2ccc3ccccc3c2)cc1. The maximum Gasteiger partial charge on any atom is 0.0847 e. The lowest BCUT2D eigenvalue weighted by Crippen LogP contribution is -2.20. The number of hydrogen-bond acceptors (Lipinski definition) is 2. The number of aliphatic hydroxyl groups excluding tert-OH is 1. The topological polar surface area (TPSA) is 32.3 Å². The normalized spacial score (nSPS) is 12.3. The van der Waals surface area contributed by atoms with Crippen molar-refractivity contribution in [2.45, 2.75) is 6.10 Å². The highest BCUT2D eigenvalue weighted by Crippen LogP contribution is 2.25. The van der Waals surface area contributed by atoms with Crippen molar-refractivity contribution >= 4 is 28.1 Å². The molecule has 2 N–H and O–H groups in total. The summed E-state index contributed by atoms with van der Waals surface area (Å²) in [4.78, 5) is 0. The second-order valence-electron chi connectivity index (χ2n) is 5.33. The summed E-state index contributed by atoms with van der Waals surface area (Å²) in [6, 6.07) is 23.1. The largest absolute Gasteiger partial charge is 0.390 e. The van der Waals surface area contributed by atoms with Crippen LogP contribution in [0.4, 0.5) is 5.69 Å². The summed E-state index contributed by atoms with van der Waals surface area (Å²) in [5.41, 5.74) is 3.36. The van der Waals surface area contributed by atoms with Crippen molar-refractivity contribution < 1.29 is 5.11 Å². The molecule has 1 atom stereocenters. The Morgan fingerprint density at radius 1 is 0.864 bits per heavy atom. The van der Waals surface area contributed by atoms with Gasteiger partial charge >= 0.3 is 0 Å². The Hall–Kier alpha value is -2.03. The van der Waals surface area contributed by atoms with Crippen LogP contribution in [0.2, 0.25) is 0 Å². The number of benzene rings is 3. The minimum Gasteiger partial charge on any atom is -0.390 e. The zero-order valence-corrected chi connectivity index (χ0v) is 12.9. The van der Waals surface area contributed by atoms with Crippen LogP contribution in [0.25, 0.3) is 21.9 Å². The first-order valence-corrected chi connectivity index (χ1v) is 7.87. The predicted molar refractivity (Wildman–Crippen MR) is 94.6 cm³/mol. The van der Waals surface area contributed by atoms with E-state index >= 15 is 0 Å². The zero-order chi connectivity index (χ0) is 15.4. The molecule has 3 heteroatoms. The highest BCUT2D eigenvalue weighted by Gasteiger charge is 2.03. The second-order valence-corrected chi connectivity index (χ2v) is 5.64. The first-order chi connectivity index (χ1) is 10.8. The van der Waals surface area contributed by atoms with Gasteiger partial charge in [0.05, 0.1) is 12.0 Å². The molecular formula is C19H18ClNO. The number of fused-ring (bicyclic) bond motifs is 1. The molecule has 3 rings (SSSR count). The van der Waals surface area contributed by atoms with Crippen molar-refractivity contribution in [3.8, 4) is 11.1 Å². The molecule has 0 aliphatic rings. The number of aliphatic hydroxyl groups is 1. The summed E-state index contributed by atoms with van der Waals surface area (Å²) in [7, 11) is 0. The molecule has 112 valence electrons. The smallest absolute Gasteiger partial charge is 0.0847 e. The van der Waals surface area contributed by atoms with Crippen LogP contribution in [0.15, 0.2) is 66.7 Å². The van der Waals surface area contributed by atoms with Crippen LogP contribution in [0, 0.1) is 0 Å². The molecule has 0 radical (unpaired) electrons. The minimum absolute atomic E-state index is 0.238. The first kappa shape index (κ1) is 14.9. The van der Waals surface area contributed by atoms with Gasteiger partial charge < -0.3 is 10.4 Å². The van der Waals surface area contributed by atoms with E-state index in [-0.39, 0.29) is 5.88 Å². The van der Waals surface area contributed by atoms with E-state index in [1.807, 2.05) is 12.1 Å². The van der Waals surface area contributed by atoms with Crippen molar-refractivity contribution in [2.24, 2.45) is 0 Å². The van der Waals surface area contributed by atoms with E-state index in [0.717, 1.165) is 5.69 Å². The van der Waals surface area contributed by atoms with Crippen LogP contribution < -0.4 is 5.32 Å². The van der Waals surface area contributed by atoms with Crippen LogP contribution in [-0.4, -0.2) is 23.6 Å². The van der Waals surface area contributed by atoms with Crippen molar-refractivity contribution in [3.05, 3.63) is 66.7 Å². The Kier molecular flexibility index (Phi) is 4.62. The van der Waals surface area contributed by atoms with Gasteiger partial charge in [0.15, 0.2) is 0 Å². The molecule has 2 nitrogen and oxygen atoms in total. The lowest BCUT2D eigenvalue weighted by molar-refractivity contribution is 0.211. The fourth-order valence-corrected chi connectivity index (χ4v) is 2.55. The van der Waals surface area contributed by atoms with Gasteiger partial charge in [-0.25, -0.2) is 0 Å². The average molecular weight is 312 g/mol. The quantitative estimate of drug-likeness (QED) is 0.679. The summed E-state index contributed by atoms with van der Waals surface area (Å²) < 4.78 is 0. The molecule has 0 aliphatic carbocycles. The van der Waals surface area contributed by atoms with Gasteiger partial charge in [0.2, 0.25) is 0 Å². The molecule has 22 heavy (non-hydrogen) atoms. The van der Waals surface area contributed by atoms with Crippen LogP contribution in [0.3, 0.4) is 0 Å². The van der Waals surface area contributed by atoms with Crippen LogP contribution in [0.1, 0.15) is 0 Å². The standard InChI is InChI=1S/C19H18ClNO/c20-12-19(22)13-21-18-9-7-15(8-10-18)17-6-5-14-3-1-2-4-16(14)11-17/h1-11,19,21-22H,12-13H2. The van der Waals surface area contributed by atoms with Crippen molar-refractivity contribution in [3.63, 3.8) is 0 Å². The monoisotopic (exact) mass is 311 g/mol. The molecule has 0 aliphatic heterocycles. The Morgan fingerprint density at radius 2 is 1.55 bits per heavy atom. The third-order valence-corrected chi connectivity index (χ3v) is 4.04. The van der Waals surface area contributed by atoms with Crippen LogP contribution in [0.5, 0.6) is 0 Å². The van der Waals surface area contributed by atoms with E-state index in [2.05, 4.69) is 59.9 Å². The maximum absolute atomic E-state index is 9.46. The summed E-state index contributed by atoms with van der Waals surface area (Å²) >= 11 is 5.58. The van der Waals surface area contributed by atoms with Gasteiger partial charge in [0.1, 0.15) is 0 Å². The number of hydrogen-bond donors (Lipinski definition) is 2. The van der Waals surface area contributed by atoms with Gasteiger partial charge in [-0.3, -0.25) is 0 Å². The zero-order valence-electron chi connectivity index (χ0n) is 12.2. The van der Waals surface area contributed by atoms with Crippen molar-refractivity contribution in [1.29, 1.82) is 0 Å². The van der Waals surface area contributed by atoms with E-state index in [9.17, 15) is 5.11 Å². The van der Waals surface area contributed by atoms with E-state index in [1.54, 1.807) is 0 Å². The summed E-state index contributed by atoms with van der Waals surface area (Å²) in [6.07, 6.45) is -0.526. The van der Waals surface area contributed by atoms with Gasteiger partial charge in [-0.1, -0.05) is 48.5 Å². The molecule has 0 saturated carbocycles. The van der Waals surface area contributed by atoms with Gasteiger partial charge in [-0.05, 0) is 40.1 Å². The Morgan fingerprint density at radius 3 is 2.27 bits per heavy atom. The molecule has 0 spiro atoms. The molecule has 0 bridgehead atoms. The van der Waals surface area contributed by atoms with Gasteiger partial charge in [0.25, 0.3) is 0 Å². The third-order valence-electron chi connectivity index (χ3n) is 3.69. The van der Waals surface area contributed by atoms with Crippen molar-refractivity contribution in [1.82, 2.24) is 0 Å². The number of rotatable bonds is 5. The minimum atomic E-state index is -0.526. The van der Waals surface area contributed by atoms with E-state index in [4.69, 9.17) is 11.6 Å². The highest BCUT2D eigenvalue weighted by molar-refractivity contribution is 6.18. The molecule has 0 saturated heterocycles. The fraction of sp³-hybridized carbons (Fsp3) is 0.158. The van der Waals surface area contributed by atoms with Gasteiger partial charge in [-0.15, -0.1) is 11.6 Å². The summed E-state index contributed by atoms with van der Waals surface area (Å²) in [6.45, 7) is 0.457. The summed E-state index contributed by atoms with van der Waals surface area (Å²) in [5, 5.41) is 15.1. The van der Waals surface area contributed by atoms with E-state index in [1.165, 1.54) is 21.9 Å². The van der Waals surface area contributed by atoms with Crippen molar-refractivity contribution in [2.75, 3.05) is 17.7 Å². The summed E-state index contributed by atoms with van der Waals surface area (Å²) in [5.74, 6) is 0.238. The highest BCUT2D eigenvalue weighted by atomic mass is 35.5. The van der Waals surface area contributed by atoms with Crippen LogP contribution in [-0.2, 0) is 0 Å². The van der Waals surface area contributed by atoms with Crippen LogP contribution >= 0.6 is 11.6 Å². The average Bonchev–Trinajstić information content (AvgIpc) is 2.59. The van der Waals surface area contributed by atoms with Gasteiger partial charge in [0, 0.05) is 12.2 Å². The van der Waals surface area contributed by atoms with E-state index in [0.29, 0.717) is 6.54 Å². The predicted octanol–water partition coefficient (Wildman–Crippen LogP) is 4.52. The Balaban J connectivity index is 1.79. The fourth-order valence-electron chi connectivity index (χ4n) is 2.44. The Bertz CT molecular complexity index is 755. The molecule has 0 fully saturated rings. The van der Waals surface area contributed by atoms with Gasteiger partial charge in [-0.2, -0.15) is 0 Å². The lowest BCUT2D eigenvalue weighted by Gasteiger charge is -2.11. The molecule has 1 unspecified atom stereocenters. The number of alkyl halides is 1. The maximum atomic E-state index is 9.46. The molecule has 3 aromatic rings. The molecule has 0 aromatic heterocycles. The molecular weight excluding hydrogens is 294 g/mol. The molecule has 3 aromatic carbocycles. The third kappa shape index (κ3) is 3.41. The second kappa shape index (κ2) is 6.82.